The Morgan fingerprint density at radius 3 is 2.43 bits per heavy atom. The van der Waals surface area contributed by atoms with E-state index in [4.69, 9.17) is 5.11 Å². The van der Waals surface area contributed by atoms with Gasteiger partial charge in [0.25, 0.3) is 0 Å². The number of aliphatic hydroxyl groups is 1. The minimum Gasteiger partial charge on any atom is -0.395 e. The topological polar surface area (TPSA) is 23.5 Å². The van der Waals surface area contributed by atoms with Gasteiger partial charge in [0.15, 0.2) is 0 Å². The number of aliphatic hydroxyl groups excluding tert-OH is 1. The van der Waals surface area contributed by atoms with Gasteiger partial charge in [0, 0.05) is 18.0 Å². The average Bonchev–Trinajstić information content (AvgIpc) is 2.19. The van der Waals surface area contributed by atoms with Crippen molar-refractivity contribution >= 4 is 11.8 Å². The van der Waals surface area contributed by atoms with Gasteiger partial charge < -0.3 is 5.11 Å². The van der Waals surface area contributed by atoms with Crippen LogP contribution in [0.5, 0.6) is 0 Å². The Balaban J connectivity index is 2.50. The van der Waals surface area contributed by atoms with E-state index in [2.05, 4.69) is 35.4 Å². The van der Waals surface area contributed by atoms with Crippen LogP contribution in [0.2, 0.25) is 0 Å². The van der Waals surface area contributed by atoms with Gasteiger partial charge in [-0.15, -0.1) is 11.8 Å². The highest BCUT2D eigenvalue weighted by Gasteiger charge is 1.99. The first-order valence-electron chi connectivity index (χ1n) is 4.68. The Morgan fingerprint density at radius 2 is 1.93 bits per heavy atom. The maximum atomic E-state index is 8.75. The highest BCUT2D eigenvalue weighted by molar-refractivity contribution is 7.98. The summed E-state index contributed by atoms with van der Waals surface area (Å²) in [5.41, 5.74) is 1.29. The van der Waals surface area contributed by atoms with Crippen LogP contribution in [0.25, 0.3) is 0 Å². The number of hydrogen-bond donors (Lipinski definition) is 1. The van der Waals surface area contributed by atoms with Crippen molar-refractivity contribution in [1.82, 2.24) is 4.90 Å². The summed E-state index contributed by atoms with van der Waals surface area (Å²) in [5.74, 6) is 0. The number of rotatable bonds is 5. The second-order valence-electron chi connectivity index (χ2n) is 3.31. The molecule has 1 rings (SSSR count). The number of likely N-dealkylation sites (N-methyl/N-ethyl adjacent to an activating group) is 1. The van der Waals surface area contributed by atoms with Crippen molar-refractivity contribution in [3.8, 4) is 0 Å². The summed E-state index contributed by atoms with van der Waals surface area (Å²) >= 11 is 1.75. The largest absolute Gasteiger partial charge is 0.395 e. The van der Waals surface area contributed by atoms with E-state index < -0.39 is 0 Å². The summed E-state index contributed by atoms with van der Waals surface area (Å²) in [4.78, 5) is 3.40. The van der Waals surface area contributed by atoms with Gasteiger partial charge in [0.1, 0.15) is 0 Å². The van der Waals surface area contributed by atoms with E-state index in [1.54, 1.807) is 11.8 Å². The van der Waals surface area contributed by atoms with E-state index in [0.29, 0.717) is 0 Å². The molecule has 0 saturated heterocycles. The van der Waals surface area contributed by atoms with Gasteiger partial charge in [-0.2, -0.15) is 0 Å². The van der Waals surface area contributed by atoms with Crippen LogP contribution < -0.4 is 0 Å². The van der Waals surface area contributed by atoms with Crippen LogP contribution >= 0.6 is 11.8 Å². The van der Waals surface area contributed by atoms with E-state index in [-0.39, 0.29) is 6.61 Å². The van der Waals surface area contributed by atoms with Gasteiger partial charge in [-0.1, -0.05) is 12.1 Å². The normalized spacial score (nSPS) is 10.9. The van der Waals surface area contributed by atoms with Crippen LogP contribution in [0.15, 0.2) is 29.2 Å². The molecule has 0 aromatic heterocycles. The summed E-state index contributed by atoms with van der Waals surface area (Å²) in [6.45, 7) is 1.85. The van der Waals surface area contributed by atoms with Gasteiger partial charge in [-0.05, 0) is 31.0 Å². The first kappa shape index (κ1) is 11.6. The molecule has 0 saturated carbocycles. The maximum absolute atomic E-state index is 8.75. The average molecular weight is 211 g/mol. The summed E-state index contributed by atoms with van der Waals surface area (Å²) in [6, 6.07) is 8.54. The van der Waals surface area contributed by atoms with Crippen molar-refractivity contribution in [1.29, 1.82) is 0 Å². The molecular formula is C11H17NOS. The van der Waals surface area contributed by atoms with E-state index >= 15 is 0 Å². The zero-order chi connectivity index (χ0) is 10.4. The van der Waals surface area contributed by atoms with Crippen molar-refractivity contribution in [3.63, 3.8) is 0 Å². The van der Waals surface area contributed by atoms with E-state index in [1.807, 2.05) is 7.05 Å². The van der Waals surface area contributed by atoms with Gasteiger partial charge >= 0.3 is 0 Å². The molecule has 0 bridgehead atoms. The minimum atomic E-state index is 0.222. The SMILES string of the molecule is CSc1ccc(CN(C)CCO)cc1. The predicted molar refractivity (Wildman–Crippen MR) is 61.6 cm³/mol. The van der Waals surface area contributed by atoms with Crippen molar-refractivity contribution in [2.75, 3.05) is 26.5 Å². The van der Waals surface area contributed by atoms with E-state index in [1.165, 1.54) is 10.5 Å². The fraction of sp³-hybridized carbons (Fsp3) is 0.455. The standard InChI is InChI=1S/C11H17NOS/c1-12(7-8-13)9-10-3-5-11(14-2)6-4-10/h3-6,13H,7-9H2,1-2H3. The summed E-state index contributed by atoms with van der Waals surface area (Å²) in [6.07, 6.45) is 2.08. The third-order valence-electron chi connectivity index (χ3n) is 2.09. The first-order valence-corrected chi connectivity index (χ1v) is 5.91. The van der Waals surface area contributed by atoms with Crippen LogP contribution in [0.1, 0.15) is 5.56 Å². The van der Waals surface area contributed by atoms with Crippen LogP contribution in [-0.2, 0) is 6.54 Å². The Hall–Kier alpha value is -0.510. The molecule has 0 unspecified atom stereocenters. The molecular weight excluding hydrogens is 194 g/mol. The number of nitrogens with zero attached hydrogens (tertiary/aromatic N) is 1. The fourth-order valence-electron chi connectivity index (χ4n) is 1.29. The lowest BCUT2D eigenvalue weighted by molar-refractivity contribution is 0.217. The second kappa shape index (κ2) is 6.06. The van der Waals surface area contributed by atoms with Crippen LogP contribution in [0, 0.1) is 0 Å². The summed E-state index contributed by atoms with van der Waals surface area (Å²) in [7, 11) is 2.01. The molecule has 0 aliphatic heterocycles. The number of thioether (sulfide) groups is 1. The molecule has 0 aliphatic rings. The molecule has 0 atom stereocenters. The molecule has 0 fully saturated rings. The summed E-state index contributed by atoms with van der Waals surface area (Å²) < 4.78 is 0. The molecule has 0 spiro atoms. The second-order valence-corrected chi connectivity index (χ2v) is 4.19. The van der Waals surface area contributed by atoms with Crippen LogP contribution in [0.4, 0.5) is 0 Å². The lowest BCUT2D eigenvalue weighted by Crippen LogP contribution is -2.21. The summed E-state index contributed by atoms with van der Waals surface area (Å²) in [5, 5.41) is 8.75. The van der Waals surface area contributed by atoms with Crippen molar-refractivity contribution in [3.05, 3.63) is 29.8 Å². The monoisotopic (exact) mass is 211 g/mol. The smallest absolute Gasteiger partial charge is 0.0558 e. The third-order valence-corrected chi connectivity index (χ3v) is 2.84. The Bertz CT molecular complexity index is 260. The highest BCUT2D eigenvalue weighted by atomic mass is 32.2. The van der Waals surface area contributed by atoms with E-state index in [9.17, 15) is 0 Å². The predicted octanol–water partition coefficient (Wildman–Crippen LogP) is 1.83. The Kier molecular flexibility index (Phi) is 5.01. The molecule has 0 amide bonds. The van der Waals surface area contributed by atoms with Crippen LogP contribution in [0.3, 0.4) is 0 Å². The molecule has 14 heavy (non-hydrogen) atoms. The molecule has 0 heterocycles. The van der Waals surface area contributed by atoms with Crippen LogP contribution in [-0.4, -0.2) is 36.5 Å². The van der Waals surface area contributed by atoms with Crippen molar-refractivity contribution < 1.29 is 5.11 Å². The number of benzene rings is 1. The molecule has 3 heteroatoms. The van der Waals surface area contributed by atoms with Gasteiger partial charge in [0.05, 0.1) is 6.61 Å². The molecule has 2 nitrogen and oxygen atoms in total. The lowest BCUT2D eigenvalue weighted by atomic mass is 10.2. The first-order chi connectivity index (χ1) is 6.76. The van der Waals surface area contributed by atoms with Crippen molar-refractivity contribution in [2.45, 2.75) is 11.4 Å². The Labute approximate surface area is 89.9 Å². The lowest BCUT2D eigenvalue weighted by Gasteiger charge is -2.14. The zero-order valence-electron chi connectivity index (χ0n) is 8.73. The fourth-order valence-corrected chi connectivity index (χ4v) is 1.70. The molecule has 1 aromatic rings. The molecule has 78 valence electrons. The third kappa shape index (κ3) is 3.70. The quantitative estimate of drug-likeness (QED) is 0.752. The zero-order valence-corrected chi connectivity index (χ0v) is 9.55. The Morgan fingerprint density at radius 1 is 1.29 bits per heavy atom. The van der Waals surface area contributed by atoms with Gasteiger partial charge in [-0.3, -0.25) is 4.90 Å². The van der Waals surface area contributed by atoms with E-state index in [0.717, 1.165) is 13.1 Å². The maximum Gasteiger partial charge on any atom is 0.0558 e. The highest BCUT2D eigenvalue weighted by Crippen LogP contribution is 2.15. The number of hydrogen-bond acceptors (Lipinski definition) is 3. The molecule has 0 aliphatic carbocycles. The van der Waals surface area contributed by atoms with Gasteiger partial charge in [0.2, 0.25) is 0 Å². The molecule has 1 N–H and O–H groups in total. The molecule has 0 radical (unpaired) electrons. The molecule has 1 aromatic carbocycles. The van der Waals surface area contributed by atoms with Gasteiger partial charge in [-0.25, -0.2) is 0 Å². The van der Waals surface area contributed by atoms with Crippen molar-refractivity contribution in [2.24, 2.45) is 0 Å². The minimum absolute atomic E-state index is 0.222.